The second-order valence-electron chi connectivity index (χ2n) is 9.72. The molecule has 0 atom stereocenters. The van der Waals surface area contributed by atoms with E-state index in [4.69, 9.17) is 14.2 Å². The molecule has 5 rings (SSSR count). The molecule has 208 valence electrons. The van der Waals surface area contributed by atoms with E-state index in [9.17, 15) is 19.8 Å². The Hall–Kier alpha value is -5.24. The van der Waals surface area contributed by atoms with E-state index in [-0.39, 0.29) is 17.4 Å². The summed E-state index contributed by atoms with van der Waals surface area (Å²) in [7, 11) is 0. The van der Waals surface area contributed by atoms with Gasteiger partial charge in [0, 0.05) is 16.8 Å². The Balaban J connectivity index is 1.49. The summed E-state index contributed by atoms with van der Waals surface area (Å²) in [5.74, 6) is -0.0508. The lowest BCUT2D eigenvalue weighted by molar-refractivity contribution is -0.136. The highest BCUT2D eigenvalue weighted by Crippen LogP contribution is 2.35. The second kappa shape index (κ2) is 11.9. The summed E-state index contributed by atoms with van der Waals surface area (Å²) in [4.78, 5) is 24.3. The van der Waals surface area contributed by atoms with E-state index in [1.807, 2.05) is 44.2 Å². The Bertz CT molecular complexity index is 1670. The first kappa shape index (κ1) is 27.3. The van der Waals surface area contributed by atoms with Crippen LogP contribution in [0.25, 0.3) is 16.6 Å². The van der Waals surface area contributed by atoms with Crippen LogP contribution >= 0.6 is 0 Å². The summed E-state index contributed by atoms with van der Waals surface area (Å²) < 4.78 is 19.2. The average molecular weight is 552 g/mol. The number of carboxylic acids is 2. The molecule has 0 unspecified atom stereocenters. The van der Waals surface area contributed by atoms with Crippen LogP contribution in [0.5, 0.6) is 23.0 Å². The van der Waals surface area contributed by atoms with Crippen LogP contribution in [0.15, 0.2) is 97.1 Å². The lowest BCUT2D eigenvalue weighted by Gasteiger charge is -2.13. The number of aromatic carboxylic acids is 1. The van der Waals surface area contributed by atoms with Crippen LogP contribution in [-0.4, -0.2) is 32.8 Å². The molecule has 0 aliphatic rings. The van der Waals surface area contributed by atoms with Gasteiger partial charge < -0.3 is 29.0 Å². The summed E-state index contributed by atoms with van der Waals surface area (Å²) in [5, 5.41) is 20.2. The molecule has 0 saturated carbocycles. The topological polar surface area (TPSA) is 107 Å². The zero-order valence-corrected chi connectivity index (χ0v) is 22.6. The van der Waals surface area contributed by atoms with Gasteiger partial charge in [-0.25, -0.2) is 4.79 Å². The van der Waals surface area contributed by atoms with E-state index in [1.54, 1.807) is 71.3 Å². The summed E-state index contributed by atoms with van der Waals surface area (Å²) in [5.41, 5.74) is 2.26. The quantitative estimate of drug-likeness (QED) is 0.180. The maximum atomic E-state index is 12.5. The lowest BCUT2D eigenvalue weighted by atomic mass is 10.1. The highest BCUT2D eigenvalue weighted by Gasteiger charge is 2.25. The summed E-state index contributed by atoms with van der Waals surface area (Å²) >= 11 is 0. The predicted molar refractivity (Wildman–Crippen MR) is 155 cm³/mol. The van der Waals surface area contributed by atoms with Crippen LogP contribution in [0.4, 0.5) is 0 Å². The molecule has 8 nitrogen and oxygen atoms in total. The Labute approximate surface area is 237 Å². The molecule has 0 bridgehead atoms. The number of carbonyl (C=O) groups is 2. The van der Waals surface area contributed by atoms with Crippen molar-refractivity contribution in [2.45, 2.75) is 33.0 Å². The van der Waals surface area contributed by atoms with Gasteiger partial charge in [0.15, 0.2) is 0 Å². The third kappa shape index (κ3) is 6.33. The van der Waals surface area contributed by atoms with Crippen LogP contribution < -0.4 is 14.2 Å². The lowest BCUT2D eigenvalue weighted by Crippen LogP contribution is -2.11. The van der Waals surface area contributed by atoms with Crippen molar-refractivity contribution < 1.29 is 34.0 Å². The maximum absolute atomic E-state index is 12.5. The number of hydrogen-bond acceptors (Lipinski definition) is 5. The van der Waals surface area contributed by atoms with E-state index in [0.29, 0.717) is 46.2 Å². The number of aliphatic carboxylic acids is 1. The van der Waals surface area contributed by atoms with E-state index >= 15 is 0 Å². The molecule has 0 radical (unpaired) electrons. The van der Waals surface area contributed by atoms with E-state index in [0.717, 1.165) is 5.56 Å². The van der Waals surface area contributed by atoms with Crippen LogP contribution in [0.1, 0.15) is 35.5 Å². The predicted octanol–water partition coefficient (Wildman–Crippen LogP) is 7.11. The number of aromatic nitrogens is 1. The molecule has 0 fully saturated rings. The zero-order chi connectivity index (χ0) is 28.9. The highest BCUT2D eigenvalue weighted by atomic mass is 16.5. The molecule has 41 heavy (non-hydrogen) atoms. The normalized spacial score (nSPS) is 11.0. The third-order valence-corrected chi connectivity index (χ3v) is 6.34. The first-order valence-corrected chi connectivity index (χ1v) is 13.1. The van der Waals surface area contributed by atoms with Gasteiger partial charge in [-0.2, -0.15) is 0 Å². The molecule has 0 saturated heterocycles. The minimum atomic E-state index is -1.22. The van der Waals surface area contributed by atoms with Crippen LogP contribution in [0, 0.1) is 0 Å². The third-order valence-electron chi connectivity index (χ3n) is 6.34. The molecule has 1 aromatic heterocycles. The number of nitrogens with zero attached hydrogens (tertiary/aromatic N) is 1. The van der Waals surface area contributed by atoms with Crippen molar-refractivity contribution in [3.8, 4) is 28.7 Å². The molecular formula is C33H29NO7. The molecular weight excluding hydrogens is 522 g/mol. The Morgan fingerprint density at radius 3 is 2.05 bits per heavy atom. The largest absolute Gasteiger partial charge is 0.491 e. The van der Waals surface area contributed by atoms with Gasteiger partial charge in [-0.15, -0.1) is 0 Å². The standard InChI is InChI=1S/C33H29NO7/c1-21(2)40-25-12-14-26(15-13-25)41-27-16-17-29-28(18-27)32(33(37)38)30(19-31(35)36)34(29)23-8-10-24(11-9-23)39-20-22-6-4-3-5-7-22/h3-18,21H,19-20H2,1-2H3,(H,35,36)(H,37,38). The Kier molecular flexibility index (Phi) is 7.92. The number of rotatable bonds is 11. The van der Waals surface area contributed by atoms with Gasteiger partial charge >= 0.3 is 11.9 Å². The van der Waals surface area contributed by atoms with Gasteiger partial charge in [0.25, 0.3) is 0 Å². The maximum Gasteiger partial charge on any atom is 0.338 e. The molecule has 4 aromatic carbocycles. The van der Waals surface area contributed by atoms with Crippen molar-refractivity contribution in [1.29, 1.82) is 0 Å². The number of ether oxygens (including phenoxy) is 3. The van der Waals surface area contributed by atoms with Gasteiger partial charge in [0.1, 0.15) is 29.6 Å². The van der Waals surface area contributed by atoms with Gasteiger partial charge in [-0.1, -0.05) is 30.3 Å². The van der Waals surface area contributed by atoms with E-state index in [2.05, 4.69) is 0 Å². The molecule has 0 spiro atoms. The fraction of sp³-hybridized carbons (Fsp3) is 0.152. The van der Waals surface area contributed by atoms with Gasteiger partial charge in [-0.3, -0.25) is 4.79 Å². The summed E-state index contributed by atoms with van der Waals surface area (Å²) in [6.45, 7) is 4.29. The highest BCUT2D eigenvalue weighted by molar-refractivity contribution is 6.07. The first-order valence-electron chi connectivity index (χ1n) is 13.1. The number of benzene rings is 4. The molecule has 2 N–H and O–H groups in total. The van der Waals surface area contributed by atoms with Gasteiger partial charge in [0.2, 0.25) is 0 Å². The van der Waals surface area contributed by atoms with Gasteiger partial charge in [-0.05, 0) is 86.1 Å². The fourth-order valence-electron chi connectivity index (χ4n) is 4.66. The van der Waals surface area contributed by atoms with Crippen molar-refractivity contribution in [3.63, 3.8) is 0 Å². The SMILES string of the molecule is CC(C)Oc1ccc(Oc2ccc3c(c2)c(C(=O)O)c(CC(=O)O)n3-c2ccc(OCc3ccccc3)cc2)cc1. The fourth-order valence-corrected chi connectivity index (χ4v) is 4.66. The van der Waals surface area contributed by atoms with Crippen LogP contribution in [0.3, 0.4) is 0 Å². The minimum Gasteiger partial charge on any atom is -0.491 e. The Morgan fingerprint density at radius 2 is 1.41 bits per heavy atom. The van der Waals surface area contributed by atoms with E-state index in [1.165, 1.54) is 0 Å². The summed E-state index contributed by atoms with van der Waals surface area (Å²) in [6.07, 6.45) is -0.434. The average Bonchev–Trinajstić information content (AvgIpc) is 3.26. The van der Waals surface area contributed by atoms with E-state index < -0.39 is 18.4 Å². The number of carboxylic acid groups (broad SMARTS) is 2. The van der Waals surface area contributed by atoms with Crippen LogP contribution in [0.2, 0.25) is 0 Å². The van der Waals surface area contributed by atoms with Crippen molar-refractivity contribution in [3.05, 3.63) is 114 Å². The van der Waals surface area contributed by atoms with Crippen molar-refractivity contribution in [2.24, 2.45) is 0 Å². The zero-order valence-electron chi connectivity index (χ0n) is 22.6. The second-order valence-corrected chi connectivity index (χ2v) is 9.72. The molecule has 8 heteroatoms. The van der Waals surface area contributed by atoms with Gasteiger partial charge in [0.05, 0.1) is 23.6 Å². The molecule has 0 aliphatic heterocycles. The molecule has 0 amide bonds. The summed E-state index contributed by atoms with van der Waals surface area (Å²) in [6, 6.07) is 29.1. The minimum absolute atomic E-state index is 0.0423. The van der Waals surface area contributed by atoms with Crippen molar-refractivity contribution in [2.75, 3.05) is 0 Å². The Morgan fingerprint density at radius 1 is 0.780 bits per heavy atom. The molecule has 5 aromatic rings. The molecule has 0 aliphatic carbocycles. The van der Waals surface area contributed by atoms with Crippen molar-refractivity contribution in [1.82, 2.24) is 4.57 Å². The molecule has 1 heterocycles. The number of hydrogen-bond donors (Lipinski definition) is 2. The first-order chi connectivity index (χ1) is 19.8. The van der Waals surface area contributed by atoms with Crippen molar-refractivity contribution >= 4 is 22.8 Å². The smallest absolute Gasteiger partial charge is 0.338 e. The monoisotopic (exact) mass is 551 g/mol. The van der Waals surface area contributed by atoms with Crippen LogP contribution in [-0.2, 0) is 17.8 Å². The number of fused-ring (bicyclic) bond motifs is 1.